The van der Waals surface area contributed by atoms with Gasteiger partial charge in [0.05, 0.1) is 21.3 Å². The maximum Gasteiger partial charge on any atom is 0.331 e. The first-order valence-corrected chi connectivity index (χ1v) is 9.69. The topological polar surface area (TPSA) is 112 Å². The lowest BCUT2D eigenvalue weighted by atomic mass is 10.1. The maximum atomic E-state index is 12.1. The smallest absolute Gasteiger partial charge is 0.331 e. The molecule has 2 rings (SSSR count). The predicted molar refractivity (Wildman–Crippen MR) is 118 cm³/mol. The molecule has 0 saturated carbocycles. The second-order valence-electron chi connectivity index (χ2n) is 6.52. The number of hydrogen-bond acceptors (Lipinski definition) is 7. The third-order valence-corrected chi connectivity index (χ3v) is 4.33. The van der Waals surface area contributed by atoms with E-state index in [0.29, 0.717) is 22.8 Å². The molecule has 0 fully saturated rings. The van der Waals surface area contributed by atoms with E-state index < -0.39 is 24.0 Å². The minimum atomic E-state index is -1.18. The van der Waals surface area contributed by atoms with Crippen molar-refractivity contribution in [2.24, 2.45) is 0 Å². The van der Waals surface area contributed by atoms with Crippen molar-refractivity contribution in [1.29, 1.82) is 0 Å². The lowest BCUT2D eigenvalue weighted by molar-refractivity contribution is -0.149. The molecule has 9 heteroatoms. The molecule has 2 aromatic carbocycles. The molecule has 2 aromatic rings. The third-order valence-electron chi connectivity index (χ3n) is 4.33. The van der Waals surface area contributed by atoms with E-state index in [1.54, 1.807) is 12.1 Å². The van der Waals surface area contributed by atoms with E-state index in [2.05, 4.69) is 10.6 Å². The van der Waals surface area contributed by atoms with Crippen molar-refractivity contribution >= 4 is 24.0 Å². The molecule has 1 unspecified atom stereocenters. The summed E-state index contributed by atoms with van der Waals surface area (Å²) in [6.07, 6.45) is 1.42. The molecule has 0 saturated heterocycles. The molecule has 0 aliphatic heterocycles. The summed E-state index contributed by atoms with van der Waals surface area (Å²) in [5, 5.41) is 4.69. The number of hydrogen-bond donors (Lipinski definition) is 2. The van der Waals surface area contributed by atoms with Crippen LogP contribution in [0.5, 0.6) is 17.2 Å². The van der Waals surface area contributed by atoms with Crippen LogP contribution in [0.2, 0.25) is 0 Å². The average molecular weight is 442 g/mol. The highest BCUT2D eigenvalue weighted by atomic mass is 16.5. The fourth-order valence-electron chi connectivity index (χ4n) is 2.64. The molecule has 0 heterocycles. The van der Waals surface area contributed by atoms with Crippen LogP contribution >= 0.6 is 0 Å². The summed E-state index contributed by atoms with van der Waals surface area (Å²) in [4.78, 5) is 36.1. The van der Waals surface area contributed by atoms with Gasteiger partial charge in [0, 0.05) is 24.3 Å². The van der Waals surface area contributed by atoms with Crippen LogP contribution in [0, 0.1) is 0 Å². The minimum absolute atomic E-state index is 0.254. The van der Waals surface area contributed by atoms with Gasteiger partial charge in [-0.15, -0.1) is 0 Å². The number of ether oxygens (including phenoxy) is 4. The fourth-order valence-corrected chi connectivity index (χ4v) is 2.64. The second-order valence-corrected chi connectivity index (χ2v) is 6.52. The first-order valence-electron chi connectivity index (χ1n) is 9.69. The number of carbonyl (C=O) groups excluding carboxylic acids is 3. The Kier molecular flexibility index (Phi) is 9.09. The van der Waals surface area contributed by atoms with Crippen LogP contribution in [0.3, 0.4) is 0 Å². The van der Waals surface area contributed by atoms with Crippen molar-refractivity contribution in [1.82, 2.24) is 10.6 Å². The second kappa shape index (κ2) is 12.0. The van der Waals surface area contributed by atoms with E-state index in [-0.39, 0.29) is 6.54 Å². The Morgan fingerprint density at radius 3 is 2.19 bits per heavy atom. The highest BCUT2D eigenvalue weighted by Crippen LogP contribution is 2.35. The Morgan fingerprint density at radius 2 is 1.56 bits per heavy atom. The number of amides is 3. The Hall–Kier alpha value is -4.01. The molecule has 0 aromatic heterocycles. The van der Waals surface area contributed by atoms with Crippen LogP contribution in [0.1, 0.15) is 18.1 Å². The van der Waals surface area contributed by atoms with E-state index in [9.17, 15) is 14.4 Å². The van der Waals surface area contributed by atoms with Gasteiger partial charge in [-0.25, -0.2) is 9.59 Å². The molecule has 170 valence electrons. The summed E-state index contributed by atoms with van der Waals surface area (Å²) in [6, 6.07) is 11.8. The van der Waals surface area contributed by atoms with Crippen molar-refractivity contribution < 1.29 is 33.3 Å². The fraction of sp³-hybridized carbons (Fsp3) is 0.261. The van der Waals surface area contributed by atoms with Crippen LogP contribution in [-0.2, 0) is 20.9 Å². The van der Waals surface area contributed by atoms with Crippen LogP contribution in [-0.4, -0.2) is 45.3 Å². The summed E-state index contributed by atoms with van der Waals surface area (Å²) in [6.45, 7) is 1.62. The number of esters is 1. The van der Waals surface area contributed by atoms with Crippen molar-refractivity contribution in [3.05, 3.63) is 59.7 Å². The zero-order valence-electron chi connectivity index (χ0n) is 18.3. The van der Waals surface area contributed by atoms with E-state index in [1.807, 2.05) is 30.3 Å². The summed E-state index contributed by atoms with van der Waals surface area (Å²) in [5.74, 6) is -0.141. The van der Waals surface area contributed by atoms with Gasteiger partial charge in [-0.05, 0) is 24.6 Å². The predicted octanol–water partition coefficient (Wildman–Crippen LogP) is 2.68. The molecular weight excluding hydrogens is 416 g/mol. The minimum Gasteiger partial charge on any atom is -0.496 e. The van der Waals surface area contributed by atoms with Crippen molar-refractivity contribution in [2.45, 2.75) is 19.6 Å². The molecule has 0 bridgehead atoms. The third kappa shape index (κ3) is 7.05. The first kappa shape index (κ1) is 24.3. The highest BCUT2D eigenvalue weighted by molar-refractivity contribution is 5.98. The molecular formula is C23H26N2O7. The average Bonchev–Trinajstić information content (AvgIpc) is 2.81. The number of urea groups is 1. The van der Waals surface area contributed by atoms with Crippen molar-refractivity contribution in [3.63, 3.8) is 0 Å². The summed E-state index contributed by atoms with van der Waals surface area (Å²) in [7, 11) is 4.47. The standard InChI is InChI=1S/C23H26N2O7/c1-15(22(27)25-23(28)24-14-16-8-6-5-7-9-16)32-21(26)11-10-17-12-19(30-3)20(31-4)13-18(17)29-2/h5-13,15H,14H2,1-4H3,(H2,24,25,27,28)/b11-10+. The van der Waals surface area contributed by atoms with Gasteiger partial charge in [0.15, 0.2) is 17.6 Å². The summed E-state index contributed by atoms with van der Waals surface area (Å²) in [5.41, 5.74) is 1.42. The lowest BCUT2D eigenvalue weighted by Gasteiger charge is -2.13. The Morgan fingerprint density at radius 1 is 0.938 bits per heavy atom. The van der Waals surface area contributed by atoms with Gasteiger partial charge in [0.1, 0.15) is 5.75 Å². The van der Waals surface area contributed by atoms with Crippen LogP contribution in [0.4, 0.5) is 4.79 Å². The van der Waals surface area contributed by atoms with Gasteiger partial charge in [0.2, 0.25) is 0 Å². The number of carbonyl (C=O) groups is 3. The largest absolute Gasteiger partial charge is 0.496 e. The Bertz CT molecular complexity index is 974. The van der Waals surface area contributed by atoms with E-state index in [4.69, 9.17) is 18.9 Å². The quantitative estimate of drug-likeness (QED) is 0.454. The number of benzene rings is 2. The van der Waals surface area contributed by atoms with Gasteiger partial charge in [-0.1, -0.05) is 30.3 Å². The molecule has 0 radical (unpaired) electrons. The van der Waals surface area contributed by atoms with Gasteiger partial charge >= 0.3 is 12.0 Å². The Balaban J connectivity index is 1.90. The van der Waals surface area contributed by atoms with Gasteiger partial charge in [-0.3, -0.25) is 10.1 Å². The number of imide groups is 1. The molecule has 3 amide bonds. The highest BCUT2D eigenvalue weighted by Gasteiger charge is 2.19. The normalized spacial score (nSPS) is 11.4. The van der Waals surface area contributed by atoms with Crippen LogP contribution in [0.25, 0.3) is 6.08 Å². The molecule has 0 aliphatic carbocycles. The zero-order chi connectivity index (χ0) is 23.5. The first-order chi connectivity index (χ1) is 15.4. The van der Waals surface area contributed by atoms with Crippen LogP contribution < -0.4 is 24.8 Å². The monoisotopic (exact) mass is 442 g/mol. The number of methoxy groups -OCH3 is 3. The molecule has 9 nitrogen and oxygen atoms in total. The molecule has 0 spiro atoms. The molecule has 0 aliphatic rings. The van der Waals surface area contributed by atoms with Gasteiger partial charge in [0.25, 0.3) is 5.91 Å². The zero-order valence-corrected chi connectivity index (χ0v) is 18.3. The van der Waals surface area contributed by atoms with Crippen molar-refractivity contribution in [2.75, 3.05) is 21.3 Å². The molecule has 1 atom stereocenters. The number of nitrogens with one attached hydrogen (secondary N) is 2. The molecule has 32 heavy (non-hydrogen) atoms. The van der Waals surface area contributed by atoms with Crippen LogP contribution in [0.15, 0.2) is 48.5 Å². The summed E-state index contributed by atoms with van der Waals surface area (Å²) >= 11 is 0. The SMILES string of the molecule is COc1cc(OC)c(OC)cc1/C=C/C(=O)OC(C)C(=O)NC(=O)NCc1ccccc1. The van der Waals surface area contributed by atoms with Gasteiger partial charge in [-0.2, -0.15) is 0 Å². The maximum absolute atomic E-state index is 12.1. The van der Waals surface area contributed by atoms with Gasteiger partial charge < -0.3 is 24.3 Å². The van der Waals surface area contributed by atoms with E-state index >= 15 is 0 Å². The summed E-state index contributed by atoms with van der Waals surface area (Å²) < 4.78 is 20.8. The lowest BCUT2D eigenvalue weighted by Crippen LogP contribution is -2.44. The molecule has 2 N–H and O–H groups in total. The van der Waals surface area contributed by atoms with E-state index in [0.717, 1.165) is 11.6 Å². The van der Waals surface area contributed by atoms with E-state index in [1.165, 1.54) is 34.3 Å². The van der Waals surface area contributed by atoms with Crippen molar-refractivity contribution in [3.8, 4) is 17.2 Å². The Labute approximate surface area is 186 Å². The number of rotatable bonds is 9.